The lowest BCUT2D eigenvalue weighted by atomic mass is 10.0. The van der Waals surface area contributed by atoms with Crippen LogP contribution in [0.5, 0.6) is 0 Å². The maximum Gasteiger partial charge on any atom is 0.239 e. The molecule has 0 spiro atoms. The van der Waals surface area contributed by atoms with E-state index in [2.05, 4.69) is 16.7 Å². The number of benzene rings is 1. The Balaban J connectivity index is 2.66. The van der Waals surface area contributed by atoms with E-state index < -0.39 is 0 Å². The normalized spacial score (nSPS) is 10.7. The summed E-state index contributed by atoms with van der Waals surface area (Å²) in [6.45, 7) is 8.05. The smallest absolute Gasteiger partial charge is 0.239 e. The zero-order chi connectivity index (χ0) is 14.5. The molecule has 0 saturated heterocycles. The highest BCUT2D eigenvalue weighted by Gasteiger charge is 2.17. The van der Waals surface area contributed by atoms with Crippen molar-refractivity contribution in [3.8, 4) is 6.07 Å². The lowest BCUT2D eigenvalue weighted by Crippen LogP contribution is -2.45. The van der Waals surface area contributed by atoms with Crippen LogP contribution in [0.3, 0.4) is 0 Å². The molecule has 102 valence electrons. The van der Waals surface area contributed by atoms with Gasteiger partial charge in [0.05, 0.1) is 17.8 Å². The summed E-state index contributed by atoms with van der Waals surface area (Å²) < 4.78 is 0. The molecule has 1 amide bonds. The van der Waals surface area contributed by atoms with Crippen molar-refractivity contribution in [3.63, 3.8) is 0 Å². The fourth-order valence-corrected chi connectivity index (χ4v) is 1.65. The zero-order valence-electron chi connectivity index (χ0n) is 12.0. The van der Waals surface area contributed by atoms with E-state index in [4.69, 9.17) is 5.26 Å². The molecule has 0 aliphatic heterocycles. The summed E-state index contributed by atoms with van der Waals surface area (Å²) in [6, 6.07) is 7.71. The minimum Gasteiger partial charge on any atom is -0.375 e. The SMILES string of the molecule is CCC(C)(C)NC(=O)CNc1cccc(C)c1C#N. The van der Waals surface area contributed by atoms with E-state index in [1.54, 1.807) is 0 Å². The maximum atomic E-state index is 11.8. The Hall–Kier alpha value is -2.02. The predicted molar refractivity (Wildman–Crippen MR) is 76.9 cm³/mol. The van der Waals surface area contributed by atoms with Gasteiger partial charge < -0.3 is 10.6 Å². The molecule has 0 saturated carbocycles. The number of hydrogen-bond donors (Lipinski definition) is 2. The second kappa shape index (κ2) is 6.24. The molecule has 2 N–H and O–H groups in total. The molecular weight excluding hydrogens is 238 g/mol. The van der Waals surface area contributed by atoms with Gasteiger partial charge in [-0.15, -0.1) is 0 Å². The number of rotatable bonds is 5. The molecule has 0 aromatic heterocycles. The molecule has 0 heterocycles. The van der Waals surface area contributed by atoms with Gasteiger partial charge in [-0.1, -0.05) is 19.1 Å². The fourth-order valence-electron chi connectivity index (χ4n) is 1.65. The highest BCUT2D eigenvalue weighted by molar-refractivity contribution is 5.82. The third-order valence-electron chi connectivity index (χ3n) is 3.19. The first-order chi connectivity index (χ1) is 8.89. The molecule has 0 fully saturated rings. The summed E-state index contributed by atoms with van der Waals surface area (Å²) >= 11 is 0. The first-order valence-corrected chi connectivity index (χ1v) is 6.44. The molecule has 19 heavy (non-hydrogen) atoms. The second-order valence-corrected chi connectivity index (χ2v) is 5.25. The molecular formula is C15H21N3O. The van der Waals surface area contributed by atoms with Gasteiger partial charge in [-0.05, 0) is 38.8 Å². The van der Waals surface area contributed by atoms with Crippen LogP contribution in [0.4, 0.5) is 5.69 Å². The number of aryl methyl sites for hydroxylation is 1. The van der Waals surface area contributed by atoms with Crippen molar-refractivity contribution >= 4 is 11.6 Å². The van der Waals surface area contributed by atoms with E-state index in [1.165, 1.54) is 0 Å². The van der Waals surface area contributed by atoms with Gasteiger partial charge in [-0.2, -0.15) is 5.26 Å². The van der Waals surface area contributed by atoms with Crippen LogP contribution in [-0.4, -0.2) is 18.0 Å². The number of carbonyl (C=O) groups is 1. The molecule has 4 heteroatoms. The average molecular weight is 259 g/mol. The van der Waals surface area contributed by atoms with Crippen LogP contribution >= 0.6 is 0 Å². The average Bonchev–Trinajstić information content (AvgIpc) is 2.36. The van der Waals surface area contributed by atoms with E-state index in [-0.39, 0.29) is 18.0 Å². The van der Waals surface area contributed by atoms with Gasteiger partial charge in [0.2, 0.25) is 5.91 Å². The van der Waals surface area contributed by atoms with E-state index in [0.29, 0.717) is 11.3 Å². The molecule has 1 aromatic carbocycles. The van der Waals surface area contributed by atoms with Crippen LogP contribution < -0.4 is 10.6 Å². The zero-order valence-corrected chi connectivity index (χ0v) is 12.0. The third-order valence-corrected chi connectivity index (χ3v) is 3.19. The van der Waals surface area contributed by atoms with Gasteiger partial charge in [0.25, 0.3) is 0 Å². The number of nitriles is 1. The number of nitrogens with zero attached hydrogens (tertiary/aromatic N) is 1. The van der Waals surface area contributed by atoms with Crippen LogP contribution in [0.2, 0.25) is 0 Å². The summed E-state index contributed by atoms with van der Waals surface area (Å²) in [4.78, 5) is 11.8. The van der Waals surface area contributed by atoms with Crippen molar-refractivity contribution in [2.45, 2.75) is 39.7 Å². The Labute approximate surface area is 114 Å². The van der Waals surface area contributed by atoms with Crippen molar-refractivity contribution in [2.75, 3.05) is 11.9 Å². The monoisotopic (exact) mass is 259 g/mol. The number of amides is 1. The van der Waals surface area contributed by atoms with E-state index in [1.807, 2.05) is 45.9 Å². The molecule has 0 bridgehead atoms. The molecule has 1 rings (SSSR count). The number of nitrogens with one attached hydrogen (secondary N) is 2. The van der Waals surface area contributed by atoms with Crippen LogP contribution in [0.1, 0.15) is 38.3 Å². The second-order valence-electron chi connectivity index (χ2n) is 5.25. The van der Waals surface area contributed by atoms with Gasteiger partial charge in [-0.25, -0.2) is 0 Å². The van der Waals surface area contributed by atoms with Gasteiger partial charge in [0, 0.05) is 5.54 Å². The van der Waals surface area contributed by atoms with Gasteiger partial charge in [-0.3, -0.25) is 4.79 Å². The van der Waals surface area contributed by atoms with Crippen molar-refractivity contribution < 1.29 is 4.79 Å². The largest absolute Gasteiger partial charge is 0.375 e. The summed E-state index contributed by atoms with van der Waals surface area (Å²) in [7, 11) is 0. The summed E-state index contributed by atoms with van der Waals surface area (Å²) in [5.41, 5.74) is 1.99. The Bertz CT molecular complexity index is 501. The molecule has 0 atom stereocenters. The van der Waals surface area contributed by atoms with E-state index >= 15 is 0 Å². The van der Waals surface area contributed by atoms with Crippen LogP contribution in [-0.2, 0) is 4.79 Å². The molecule has 0 unspecified atom stereocenters. The predicted octanol–water partition coefficient (Wildman–Crippen LogP) is 2.58. The Morgan fingerprint density at radius 1 is 1.42 bits per heavy atom. The third kappa shape index (κ3) is 4.29. The minimum absolute atomic E-state index is 0.0720. The lowest BCUT2D eigenvalue weighted by molar-refractivity contribution is -0.121. The van der Waals surface area contributed by atoms with Crippen molar-refractivity contribution in [2.24, 2.45) is 0 Å². The quantitative estimate of drug-likeness (QED) is 0.854. The van der Waals surface area contributed by atoms with Crippen molar-refractivity contribution in [1.29, 1.82) is 5.26 Å². The van der Waals surface area contributed by atoms with Crippen LogP contribution in [0.15, 0.2) is 18.2 Å². The van der Waals surface area contributed by atoms with Gasteiger partial charge >= 0.3 is 0 Å². The number of hydrogen-bond acceptors (Lipinski definition) is 3. The molecule has 0 radical (unpaired) electrons. The standard InChI is InChI=1S/C15H21N3O/c1-5-15(3,4)18-14(19)10-17-13-8-6-7-11(2)12(13)9-16/h6-8,17H,5,10H2,1-4H3,(H,18,19). The molecule has 0 aliphatic carbocycles. The Morgan fingerprint density at radius 2 is 2.11 bits per heavy atom. The summed E-state index contributed by atoms with van der Waals surface area (Å²) in [5.74, 6) is -0.0720. The van der Waals surface area contributed by atoms with Crippen LogP contribution in [0, 0.1) is 18.3 Å². The molecule has 0 aliphatic rings. The first kappa shape index (κ1) is 15.0. The molecule has 4 nitrogen and oxygen atoms in total. The maximum absolute atomic E-state index is 11.8. The van der Waals surface area contributed by atoms with Crippen molar-refractivity contribution in [1.82, 2.24) is 5.32 Å². The topological polar surface area (TPSA) is 64.9 Å². The van der Waals surface area contributed by atoms with Crippen molar-refractivity contribution in [3.05, 3.63) is 29.3 Å². The summed E-state index contributed by atoms with van der Waals surface area (Å²) in [5, 5.41) is 15.1. The lowest BCUT2D eigenvalue weighted by Gasteiger charge is -2.24. The summed E-state index contributed by atoms with van der Waals surface area (Å²) in [6.07, 6.45) is 0.868. The van der Waals surface area contributed by atoms with Crippen LogP contribution in [0.25, 0.3) is 0 Å². The highest BCUT2D eigenvalue weighted by atomic mass is 16.2. The number of carbonyl (C=O) groups excluding carboxylic acids is 1. The Morgan fingerprint density at radius 3 is 2.68 bits per heavy atom. The first-order valence-electron chi connectivity index (χ1n) is 6.44. The minimum atomic E-state index is -0.205. The van der Waals surface area contributed by atoms with E-state index in [9.17, 15) is 4.79 Å². The Kier molecular flexibility index (Phi) is 4.94. The highest BCUT2D eigenvalue weighted by Crippen LogP contribution is 2.17. The van der Waals surface area contributed by atoms with Gasteiger partial charge in [0.15, 0.2) is 0 Å². The van der Waals surface area contributed by atoms with Gasteiger partial charge in [0.1, 0.15) is 6.07 Å². The fraction of sp³-hybridized carbons (Fsp3) is 0.467. The number of anilines is 1. The van der Waals surface area contributed by atoms with E-state index in [0.717, 1.165) is 12.0 Å². The molecule has 1 aromatic rings.